The molecule has 1 aromatic rings. The van der Waals surface area contributed by atoms with E-state index in [1.54, 1.807) is 0 Å². The Kier molecular flexibility index (Phi) is 3.31. The smallest absolute Gasteiger partial charge is 0.356 e. The van der Waals surface area contributed by atoms with Gasteiger partial charge in [-0.25, -0.2) is 9.78 Å². The predicted octanol–water partition coefficient (Wildman–Crippen LogP) is 2.04. The van der Waals surface area contributed by atoms with Gasteiger partial charge in [0, 0.05) is 25.7 Å². The number of nitrogens with zero attached hydrogens (tertiary/aromatic N) is 3. The lowest BCUT2D eigenvalue weighted by atomic mass is 9.93. The number of carbonyl (C=O) groups is 1. The van der Waals surface area contributed by atoms with E-state index in [1.807, 2.05) is 6.92 Å². The van der Waals surface area contributed by atoms with Gasteiger partial charge in [0.25, 0.3) is 0 Å². The average molecular weight is 263 g/mol. The van der Waals surface area contributed by atoms with E-state index in [4.69, 9.17) is 0 Å². The molecule has 0 bridgehead atoms. The fourth-order valence-corrected chi connectivity index (χ4v) is 3.50. The van der Waals surface area contributed by atoms with Crippen LogP contribution in [0.15, 0.2) is 0 Å². The molecule has 0 aromatic carbocycles. The van der Waals surface area contributed by atoms with Gasteiger partial charge in [-0.05, 0) is 19.8 Å². The number of rotatable bonds is 2. The zero-order valence-corrected chi connectivity index (χ0v) is 11.4. The molecular weight excluding hydrogens is 242 g/mol. The highest BCUT2D eigenvalue weighted by molar-refractivity contribution is 5.86. The van der Waals surface area contributed by atoms with Gasteiger partial charge in [0.1, 0.15) is 5.82 Å². The number of carboxylic acids is 1. The summed E-state index contributed by atoms with van der Waals surface area (Å²) in [5, 5.41) is 9.26. The number of imidazole rings is 1. The minimum Gasteiger partial charge on any atom is -0.476 e. The molecule has 1 saturated carbocycles. The Balaban J connectivity index is 1.84. The Labute approximate surface area is 113 Å². The Morgan fingerprint density at radius 2 is 2.00 bits per heavy atom. The molecule has 2 aliphatic rings. The SMILES string of the molecule is Cc1nc(C(=O)O)c2n1CCN(C1CCCCC1)C2. The monoisotopic (exact) mass is 263 g/mol. The Hall–Kier alpha value is -1.36. The summed E-state index contributed by atoms with van der Waals surface area (Å²) < 4.78 is 2.07. The van der Waals surface area contributed by atoms with Gasteiger partial charge in [-0.15, -0.1) is 0 Å². The molecule has 0 atom stereocenters. The van der Waals surface area contributed by atoms with E-state index < -0.39 is 5.97 Å². The van der Waals surface area contributed by atoms with E-state index in [0.717, 1.165) is 31.2 Å². The first kappa shape index (κ1) is 12.7. The van der Waals surface area contributed by atoms with Crippen molar-refractivity contribution >= 4 is 5.97 Å². The molecule has 1 fully saturated rings. The summed E-state index contributed by atoms with van der Waals surface area (Å²) in [5.41, 5.74) is 1.14. The second-order valence-electron chi connectivity index (χ2n) is 5.67. The predicted molar refractivity (Wildman–Crippen MR) is 71.2 cm³/mol. The van der Waals surface area contributed by atoms with E-state index >= 15 is 0 Å². The second-order valence-corrected chi connectivity index (χ2v) is 5.67. The maximum Gasteiger partial charge on any atom is 0.356 e. The van der Waals surface area contributed by atoms with Gasteiger partial charge in [0.05, 0.1) is 5.69 Å². The highest BCUT2D eigenvalue weighted by Gasteiger charge is 2.29. The number of carboxylic acid groups (broad SMARTS) is 1. The molecule has 1 aliphatic heterocycles. The summed E-state index contributed by atoms with van der Waals surface area (Å²) in [7, 11) is 0. The van der Waals surface area contributed by atoms with Crippen LogP contribution in [0.2, 0.25) is 0 Å². The topological polar surface area (TPSA) is 58.4 Å². The molecule has 5 heteroatoms. The maximum absolute atomic E-state index is 11.3. The first-order valence-electron chi connectivity index (χ1n) is 7.20. The first-order valence-corrected chi connectivity index (χ1v) is 7.20. The normalized spacial score (nSPS) is 21.3. The Morgan fingerprint density at radius 1 is 1.26 bits per heavy atom. The lowest BCUT2D eigenvalue weighted by Gasteiger charge is -2.37. The number of hydrogen-bond acceptors (Lipinski definition) is 3. The maximum atomic E-state index is 11.3. The van der Waals surface area contributed by atoms with Crippen molar-refractivity contribution in [3.63, 3.8) is 0 Å². The molecule has 5 nitrogen and oxygen atoms in total. The first-order chi connectivity index (χ1) is 9.16. The van der Waals surface area contributed by atoms with Crippen LogP contribution in [0.25, 0.3) is 0 Å². The van der Waals surface area contributed by atoms with Crippen LogP contribution in [0, 0.1) is 6.92 Å². The molecule has 19 heavy (non-hydrogen) atoms. The van der Waals surface area contributed by atoms with E-state index in [-0.39, 0.29) is 5.69 Å². The molecule has 0 radical (unpaired) electrons. The molecule has 1 N–H and O–H groups in total. The minimum absolute atomic E-state index is 0.248. The van der Waals surface area contributed by atoms with Crippen molar-refractivity contribution in [2.45, 2.75) is 58.2 Å². The van der Waals surface area contributed by atoms with Gasteiger partial charge < -0.3 is 9.67 Å². The minimum atomic E-state index is -0.901. The van der Waals surface area contributed by atoms with Crippen molar-refractivity contribution in [1.82, 2.24) is 14.5 Å². The van der Waals surface area contributed by atoms with Gasteiger partial charge in [0.15, 0.2) is 5.69 Å². The van der Waals surface area contributed by atoms with Crippen LogP contribution >= 0.6 is 0 Å². The molecule has 0 unspecified atom stereocenters. The van der Waals surface area contributed by atoms with Crippen molar-refractivity contribution in [2.75, 3.05) is 6.54 Å². The highest BCUT2D eigenvalue weighted by atomic mass is 16.4. The fourth-order valence-electron chi connectivity index (χ4n) is 3.50. The quantitative estimate of drug-likeness (QED) is 0.887. The summed E-state index contributed by atoms with van der Waals surface area (Å²) in [6.45, 7) is 4.53. The van der Waals surface area contributed by atoms with E-state index in [0.29, 0.717) is 6.04 Å². The number of hydrogen-bond donors (Lipinski definition) is 1. The van der Waals surface area contributed by atoms with Crippen molar-refractivity contribution < 1.29 is 9.90 Å². The van der Waals surface area contributed by atoms with Crippen molar-refractivity contribution in [3.05, 3.63) is 17.2 Å². The summed E-state index contributed by atoms with van der Waals surface area (Å²) in [6, 6.07) is 0.638. The van der Waals surface area contributed by atoms with Crippen molar-refractivity contribution in [2.24, 2.45) is 0 Å². The summed E-state index contributed by atoms with van der Waals surface area (Å²) in [5.74, 6) is -0.0713. The van der Waals surface area contributed by atoms with Crippen molar-refractivity contribution in [1.29, 1.82) is 0 Å². The molecule has 0 spiro atoms. The average Bonchev–Trinajstić information content (AvgIpc) is 2.77. The van der Waals surface area contributed by atoms with Crippen LogP contribution in [0.4, 0.5) is 0 Å². The van der Waals surface area contributed by atoms with Crippen LogP contribution in [0.1, 0.15) is 54.1 Å². The molecule has 104 valence electrons. The lowest BCUT2D eigenvalue weighted by molar-refractivity contribution is 0.0682. The number of aromatic carboxylic acids is 1. The molecule has 0 saturated heterocycles. The van der Waals surface area contributed by atoms with Crippen LogP contribution < -0.4 is 0 Å². The molecule has 1 aromatic heterocycles. The molecule has 0 amide bonds. The lowest BCUT2D eigenvalue weighted by Crippen LogP contribution is -2.42. The summed E-state index contributed by atoms with van der Waals surface area (Å²) >= 11 is 0. The molecule has 1 aliphatic carbocycles. The largest absolute Gasteiger partial charge is 0.476 e. The van der Waals surface area contributed by atoms with Crippen LogP contribution in [-0.4, -0.2) is 38.1 Å². The molecule has 3 rings (SSSR count). The van der Waals surface area contributed by atoms with E-state index in [1.165, 1.54) is 32.1 Å². The third-order valence-electron chi connectivity index (χ3n) is 4.52. The zero-order chi connectivity index (χ0) is 13.4. The zero-order valence-electron chi connectivity index (χ0n) is 11.4. The van der Waals surface area contributed by atoms with E-state index in [9.17, 15) is 9.90 Å². The highest BCUT2D eigenvalue weighted by Crippen LogP contribution is 2.27. The van der Waals surface area contributed by atoms with Gasteiger partial charge in [0.2, 0.25) is 0 Å². The summed E-state index contributed by atoms with van der Waals surface area (Å²) in [6.07, 6.45) is 6.49. The standard InChI is InChI=1S/C14H21N3O2/c1-10-15-13(14(18)19)12-9-16(7-8-17(10)12)11-5-3-2-4-6-11/h11H,2-9H2,1H3,(H,18,19). The number of aromatic nitrogens is 2. The number of aryl methyl sites for hydroxylation is 1. The molecular formula is C14H21N3O2. The van der Waals surface area contributed by atoms with Gasteiger partial charge >= 0.3 is 5.97 Å². The Bertz CT molecular complexity index is 489. The van der Waals surface area contributed by atoms with Gasteiger partial charge in [-0.2, -0.15) is 0 Å². The number of fused-ring (bicyclic) bond motifs is 1. The van der Waals surface area contributed by atoms with Crippen LogP contribution in [0.5, 0.6) is 0 Å². The molecule has 2 heterocycles. The Morgan fingerprint density at radius 3 is 2.68 bits per heavy atom. The third-order valence-corrected chi connectivity index (χ3v) is 4.52. The van der Waals surface area contributed by atoms with Crippen LogP contribution in [0.3, 0.4) is 0 Å². The van der Waals surface area contributed by atoms with Gasteiger partial charge in [-0.3, -0.25) is 4.90 Å². The third kappa shape index (κ3) is 2.27. The van der Waals surface area contributed by atoms with Gasteiger partial charge in [-0.1, -0.05) is 19.3 Å². The van der Waals surface area contributed by atoms with E-state index in [2.05, 4.69) is 14.5 Å². The van der Waals surface area contributed by atoms with Crippen LogP contribution in [-0.2, 0) is 13.1 Å². The fraction of sp³-hybridized carbons (Fsp3) is 0.714. The van der Waals surface area contributed by atoms with Crippen molar-refractivity contribution in [3.8, 4) is 0 Å². The second kappa shape index (κ2) is 4.96. The summed E-state index contributed by atoms with van der Waals surface area (Å²) in [4.78, 5) is 17.9.